The maximum Gasteiger partial charge on any atom is 0.422 e. The number of nitrogens with zero attached hydrogens (tertiary/aromatic N) is 2. The molecule has 0 radical (unpaired) electrons. The molecule has 0 aromatic heterocycles. The van der Waals surface area contributed by atoms with Crippen LogP contribution in [0.25, 0.3) is 0 Å². The quantitative estimate of drug-likeness (QED) is 0.707. The molecule has 2 atom stereocenters. The molecule has 0 bridgehead atoms. The zero-order valence-electron chi connectivity index (χ0n) is 16.7. The van der Waals surface area contributed by atoms with Crippen molar-refractivity contribution in [2.75, 3.05) is 4.90 Å². The number of hydrogen-bond donors (Lipinski definition) is 2. The molecule has 2 N–H and O–H groups in total. The van der Waals surface area contributed by atoms with Crippen LogP contribution in [-0.4, -0.2) is 41.3 Å². The first-order chi connectivity index (χ1) is 15.5. The number of amidine groups is 1. The Morgan fingerprint density at radius 1 is 1.15 bits per heavy atom. The summed E-state index contributed by atoms with van der Waals surface area (Å²) in [4.78, 5) is 54.7. The van der Waals surface area contributed by atoms with Crippen LogP contribution in [0.4, 0.5) is 23.7 Å². The van der Waals surface area contributed by atoms with E-state index in [1.807, 2.05) is 5.32 Å². The van der Waals surface area contributed by atoms with E-state index in [4.69, 9.17) is 11.6 Å². The minimum absolute atomic E-state index is 0.0175. The molecule has 2 aliphatic heterocycles. The number of hydrogen-bond acceptors (Lipinski definition) is 4. The monoisotopic (exact) mass is 478 g/mol. The normalized spacial score (nSPS) is 22.6. The van der Waals surface area contributed by atoms with Crippen molar-refractivity contribution in [2.24, 2.45) is 10.9 Å². The van der Waals surface area contributed by atoms with Gasteiger partial charge < -0.3 is 5.32 Å². The number of alkyl halides is 3. The average molecular weight is 479 g/mol. The van der Waals surface area contributed by atoms with Crippen LogP contribution in [0, 0.1) is 12.8 Å². The number of carbonyl (C=O) groups is 4. The number of anilines is 1. The number of amides is 5. The van der Waals surface area contributed by atoms with Crippen molar-refractivity contribution >= 4 is 46.9 Å². The van der Waals surface area contributed by atoms with Gasteiger partial charge in [-0.1, -0.05) is 29.3 Å². The molecule has 2 aromatic carbocycles. The van der Waals surface area contributed by atoms with E-state index in [0.29, 0.717) is 10.5 Å². The first-order valence-corrected chi connectivity index (χ1v) is 9.83. The molecule has 5 amide bonds. The van der Waals surface area contributed by atoms with E-state index >= 15 is 0 Å². The molecule has 33 heavy (non-hydrogen) atoms. The second kappa shape index (κ2) is 7.69. The van der Waals surface area contributed by atoms with Crippen LogP contribution in [0.15, 0.2) is 53.5 Å². The maximum absolute atomic E-state index is 14.4. The Kier molecular flexibility index (Phi) is 5.24. The number of halogens is 4. The summed E-state index contributed by atoms with van der Waals surface area (Å²) in [6, 6.07) is 9.91. The van der Waals surface area contributed by atoms with Crippen LogP contribution in [0.2, 0.25) is 5.02 Å². The lowest BCUT2D eigenvalue weighted by Crippen LogP contribution is -2.72. The number of carbonyl (C=O) groups excluding carboxylic acids is 4. The second-order valence-electron chi connectivity index (χ2n) is 7.44. The van der Waals surface area contributed by atoms with E-state index in [9.17, 15) is 32.3 Å². The number of urea groups is 1. The SMILES string of the molecule is Cc1cccc(C(=O)NC2(C(F)(F)F)C(=O)N=C3C2C(=O)NC(=O)N3c2ccc(Cl)cc2)c1. The van der Waals surface area contributed by atoms with E-state index in [1.165, 1.54) is 42.5 Å². The van der Waals surface area contributed by atoms with E-state index in [-0.39, 0.29) is 16.3 Å². The Bertz CT molecular complexity index is 1230. The zero-order valence-corrected chi connectivity index (χ0v) is 17.5. The Hall–Kier alpha value is -3.73. The van der Waals surface area contributed by atoms with Crippen LogP contribution in [-0.2, 0) is 9.59 Å². The highest BCUT2D eigenvalue weighted by Gasteiger charge is 2.74. The third-order valence-electron chi connectivity index (χ3n) is 5.29. The van der Waals surface area contributed by atoms with Gasteiger partial charge in [0.2, 0.25) is 11.4 Å². The molecular weight excluding hydrogens is 465 g/mol. The molecular formula is C21H14ClF3N4O4. The van der Waals surface area contributed by atoms with Crippen LogP contribution in [0.1, 0.15) is 15.9 Å². The molecule has 8 nitrogen and oxygen atoms in total. The first-order valence-electron chi connectivity index (χ1n) is 9.45. The van der Waals surface area contributed by atoms with Gasteiger partial charge >= 0.3 is 12.2 Å². The molecule has 2 heterocycles. The lowest BCUT2D eigenvalue weighted by atomic mass is 9.81. The molecule has 0 saturated carbocycles. The summed E-state index contributed by atoms with van der Waals surface area (Å²) in [5.74, 6) is -7.56. The summed E-state index contributed by atoms with van der Waals surface area (Å²) in [5, 5.41) is 3.80. The van der Waals surface area contributed by atoms with Crippen molar-refractivity contribution in [3.63, 3.8) is 0 Å². The van der Waals surface area contributed by atoms with Gasteiger partial charge in [0.05, 0.1) is 5.69 Å². The number of rotatable bonds is 3. The fraction of sp³-hybridized carbons (Fsp3) is 0.190. The standard InChI is InChI=1S/C21H14ClF3N4O4/c1-10-3-2-4-11(9-10)16(30)28-20(21(23,24)25)14-15(26-18(20)32)29(19(33)27-17(14)31)13-7-5-12(22)6-8-13/h2-9,14H,1H3,(H,28,30)(H,27,31,33). The van der Waals surface area contributed by atoms with Crippen molar-refractivity contribution in [1.82, 2.24) is 10.6 Å². The van der Waals surface area contributed by atoms with Gasteiger partial charge in [-0.05, 0) is 43.3 Å². The molecule has 2 aliphatic rings. The minimum atomic E-state index is -5.43. The van der Waals surface area contributed by atoms with Crippen LogP contribution in [0.3, 0.4) is 0 Å². The van der Waals surface area contributed by atoms with Gasteiger partial charge in [0, 0.05) is 10.6 Å². The predicted molar refractivity (Wildman–Crippen MR) is 111 cm³/mol. The average Bonchev–Trinajstić information content (AvgIpc) is 3.02. The number of imide groups is 1. The van der Waals surface area contributed by atoms with Gasteiger partial charge in [0.25, 0.3) is 11.8 Å². The number of nitrogens with one attached hydrogen (secondary N) is 2. The largest absolute Gasteiger partial charge is 0.422 e. The second-order valence-corrected chi connectivity index (χ2v) is 7.88. The number of fused-ring (bicyclic) bond motifs is 1. The Morgan fingerprint density at radius 3 is 2.42 bits per heavy atom. The van der Waals surface area contributed by atoms with Gasteiger partial charge in [-0.25, -0.2) is 9.69 Å². The first kappa shape index (κ1) is 22.5. The highest BCUT2D eigenvalue weighted by molar-refractivity contribution is 6.36. The molecule has 1 saturated heterocycles. The highest BCUT2D eigenvalue weighted by Crippen LogP contribution is 2.44. The number of benzene rings is 2. The van der Waals surface area contributed by atoms with Crippen molar-refractivity contribution < 1.29 is 32.3 Å². The van der Waals surface area contributed by atoms with E-state index < -0.39 is 47.2 Å². The van der Waals surface area contributed by atoms with Gasteiger partial charge in [-0.15, -0.1) is 0 Å². The van der Waals surface area contributed by atoms with Gasteiger partial charge in [-0.2, -0.15) is 18.2 Å². The van der Waals surface area contributed by atoms with Crippen molar-refractivity contribution in [3.05, 3.63) is 64.7 Å². The molecule has 1 fully saturated rings. The predicted octanol–water partition coefficient (Wildman–Crippen LogP) is 2.99. The van der Waals surface area contributed by atoms with Crippen LogP contribution in [0.5, 0.6) is 0 Å². The minimum Gasteiger partial charge on any atom is -0.329 e. The van der Waals surface area contributed by atoms with Crippen molar-refractivity contribution in [1.29, 1.82) is 0 Å². The Labute approximate surface area is 189 Å². The van der Waals surface area contributed by atoms with Crippen LogP contribution < -0.4 is 15.5 Å². The number of aliphatic imine (C=N–C) groups is 1. The summed E-state index contributed by atoms with van der Waals surface area (Å²) >= 11 is 5.82. The van der Waals surface area contributed by atoms with Gasteiger partial charge in [0.1, 0.15) is 11.8 Å². The smallest absolute Gasteiger partial charge is 0.329 e. The Morgan fingerprint density at radius 2 is 1.82 bits per heavy atom. The molecule has 2 unspecified atom stereocenters. The zero-order chi connectivity index (χ0) is 24.1. The summed E-state index contributed by atoms with van der Waals surface area (Å²) in [5.41, 5.74) is -3.25. The third-order valence-corrected chi connectivity index (χ3v) is 5.54. The van der Waals surface area contributed by atoms with E-state index in [0.717, 1.165) is 0 Å². The van der Waals surface area contributed by atoms with Crippen molar-refractivity contribution in [3.8, 4) is 0 Å². The lowest BCUT2D eigenvalue weighted by molar-refractivity contribution is -0.201. The molecule has 2 aromatic rings. The maximum atomic E-state index is 14.4. The highest BCUT2D eigenvalue weighted by atomic mass is 35.5. The van der Waals surface area contributed by atoms with E-state index in [2.05, 4.69) is 4.99 Å². The molecule has 0 aliphatic carbocycles. The van der Waals surface area contributed by atoms with Gasteiger partial charge in [-0.3, -0.25) is 19.7 Å². The van der Waals surface area contributed by atoms with E-state index in [1.54, 1.807) is 18.3 Å². The fourth-order valence-electron chi connectivity index (χ4n) is 3.76. The Balaban J connectivity index is 1.82. The van der Waals surface area contributed by atoms with Crippen LogP contribution >= 0.6 is 11.6 Å². The third kappa shape index (κ3) is 3.54. The lowest BCUT2D eigenvalue weighted by Gasteiger charge is -2.39. The molecule has 4 rings (SSSR count). The topological polar surface area (TPSA) is 108 Å². The summed E-state index contributed by atoms with van der Waals surface area (Å²) in [6.07, 6.45) is -5.43. The fourth-order valence-corrected chi connectivity index (χ4v) is 3.89. The number of aryl methyl sites for hydroxylation is 1. The molecule has 0 spiro atoms. The molecule has 12 heteroatoms. The summed E-state index contributed by atoms with van der Waals surface area (Å²) in [7, 11) is 0. The van der Waals surface area contributed by atoms with Gasteiger partial charge in [0.15, 0.2) is 0 Å². The molecule has 170 valence electrons. The van der Waals surface area contributed by atoms with Crippen molar-refractivity contribution in [2.45, 2.75) is 18.6 Å². The summed E-state index contributed by atoms with van der Waals surface area (Å²) < 4.78 is 43.3. The summed E-state index contributed by atoms with van der Waals surface area (Å²) in [6.45, 7) is 1.63.